The van der Waals surface area contributed by atoms with Crippen molar-refractivity contribution in [2.75, 3.05) is 32.7 Å². The number of benzene rings is 1. The van der Waals surface area contributed by atoms with Gasteiger partial charge in [-0.3, -0.25) is 9.69 Å². The fourth-order valence-electron chi connectivity index (χ4n) is 2.31. The molecule has 0 aliphatic carbocycles. The highest BCUT2D eigenvalue weighted by Gasteiger charge is 2.18. The molecule has 1 saturated heterocycles. The molecule has 104 valence electrons. The number of aromatic hydroxyl groups is 1. The molecule has 19 heavy (non-hydrogen) atoms. The van der Waals surface area contributed by atoms with Crippen LogP contribution >= 0.6 is 0 Å². The van der Waals surface area contributed by atoms with Gasteiger partial charge in [0.1, 0.15) is 5.75 Å². The molecule has 2 N–H and O–H groups in total. The maximum Gasteiger partial charge on any atom is 0.304 e. The number of piperazine rings is 1. The average molecular weight is 264 g/mol. The topological polar surface area (TPSA) is 64.0 Å². The second-order valence-electron chi connectivity index (χ2n) is 4.89. The number of hydrogen-bond donors (Lipinski definition) is 2. The summed E-state index contributed by atoms with van der Waals surface area (Å²) in [6, 6.07) is 7.39. The Kier molecular flexibility index (Phi) is 4.76. The lowest BCUT2D eigenvalue weighted by molar-refractivity contribution is -0.137. The van der Waals surface area contributed by atoms with Crippen LogP contribution < -0.4 is 0 Å². The second kappa shape index (κ2) is 6.54. The van der Waals surface area contributed by atoms with E-state index in [2.05, 4.69) is 9.80 Å². The summed E-state index contributed by atoms with van der Waals surface area (Å²) in [6.07, 6.45) is 0.208. The zero-order valence-electron chi connectivity index (χ0n) is 11.0. The summed E-state index contributed by atoms with van der Waals surface area (Å²) in [5, 5.41) is 18.4. The fraction of sp³-hybridized carbons (Fsp3) is 0.500. The molecule has 1 heterocycles. The number of rotatable bonds is 5. The standard InChI is InChI=1S/C14H20N2O3/c17-13-4-2-1-3-12(13)11-16-9-7-15(8-10-16)6-5-14(18)19/h1-4,17H,5-11H2,(H,18,19). The van der Waals surface area contributed by atoms with Crippen molar-refractivity contribution in [3.63, 3.8) is 0 Å². The molecule has 1 aromatic carbocycles. The molecule has 5 heteroatoms. The van der Waals surface area contributed by atoms with Crippen molar-refractivity contribution in [2.45, 2.75) is 13.0 Å². The van der Waals surface area contributed by atoms with E-state index >= 15 is 0 Å². The molecule has 0 unspecified atom stereocenters. The first-order chi connectivity index (χ1) is 9.15. The number of para-hydroxylation sites is 1. The summed E-state index contributed by atoms with van der Waals surface area (Å²) in [4.78, 5) is 15.0. The van der Waals surface area contributed by atoms with E-state index in [1.54, 1.807) is 6.07 Å². The minimum Gasteiger partial charge on any atom is -0.508 e. The van der Waals surface area contributed by atoms with Crippen molar-refractivity contribution >= 4 is 5.97 Å². The monoisotopic (exact) mass is 264 g/mol. The maximum atomic E-state index is 10.5. The zero-order chi connectivity index (χ0) is 13.7. The van der Waals surface area contributed by atoms with E-state index in [1.165, 1.54) is 0 Å². The van der Waals surface area contributed by atoms with Gasteiger partial charge in [0.2, 0.25) is 0 Å². The normalized spacial score (nSPS) is 17.5. The second-order valence-corrected chi connectivity index (χ2v) is 4.89. The molecule has 1 aliphatic rings. The van der Waals surface area contributed by atoms with Gasteiger partial charge in [0.25, 0.3) is 0 Å². The number of hydrogen-bond acceptors (Lipinski definition) is 4. The number of phenols is 1. The molecule has 0 bridgehead atoms. The van der Waals surface area contributed by atoms with Crippen LogP contribution in [0.5, 0.6) is 5.75 Å². The van der Waals surface area contributed by atoms with Crippen molar-refractivity contribution in [1.29, 1.82) is 0 Å². The molecule has 0 spiro atoms. The maximum absolute atomic E-state index is 10.5. The Labute approximate surface area is 113 Å². The van der Waals surface area contributed by atoms with Crippen molar-refractivity contribution in [3.8, 4) is 5.75 Å². The van der Waals surface area contributed by atoms with Gasteiger partial charge in [0, 0.05) is 44.8 Å². The molecule has 0 radical (unpaired) electrons. The number of carboxylic acid groups (broad SMARTS) is 1. The summed E-state index contributed by atoms with van der Waals surface area (Å²) >= 11 is 0. The van der Waals surface area contributed by atoms with E-state index in [1.807, 2.05) is 18.2 Å². The molecule has 0 saturated carbocycles. The largest absolute Gasteiger partial charge is 0.508 e. The highest BCUT2D eigenvalue weighted by atomic mass is 16.4. The van der Waals surface area contributed by atoms with Crippen molar-refractivity contribution < 1.29 is 15.0 Å². The lowest BCUT2D eigenvalue weighted by atomic mass is 10.1. The molecule has 1 aliphatic heterocycles. The first-order valence-electron chi connectivity index (χ1n) is 6.58. The van der Waals surface area contributed by atoms with Gasteiger partial charge in [-0.1, -0.05) is 18.2 Å². The van der Waals surface area contributed by atoms with E-state index in [0.29, 0.717) is 12.3 Å². The van der Waals surface area contributed by atoms with Crippen LogP contribution in [0.25, 0.3) is 0 Å². The van der Waals surface area contributed by atoms with E-state index in [9.17, 15) is 9.90 Å². The Morgan fingerprint density at radius 1 is 1.11 bits per heavy atom. The number of aliphatic carboxylic acids is 1. The van der Waals surface area contributed by atoms with Crippen LogP contribution in [0.4, 0.5) is 0 Å². The fourth-order valence-corrected chi connectivity index (χ4v) is 2.31. The SMILES string of the molecule is O=C(O)CCN1CCN(Cc2ccccc2O)CC1. The Balaban J connectivity index is 1.77. The molecular weight excluding hydrogens is 244 g/mol. The van der Waals surface area contributed by atoms with Crippen LogP contribution in [0.2, 0.25) is 0 Å². The number of nitrogens with zero attached hydrogens (tertiary/aromatic N) is 2. The average Bonchev–Trinajstić information content (AvgIpc) is 2.40. The van der Waals surface area contributed by atoms with Crippen LogP contribution in [0.3, 0.4) is 0 Å². The van der Waals surface area contributed by atoms with Gasteiger partial charge in [-0.25, -0.2) is 0 Å². The predicted octanol–water partition coefficient (Wildman–Crippen LogP) is 0.984. The lowest BCUT2D eigenvalue weighted by Crippen LogP contribution is -2.46. The van der Waals surface area contributed by atoms with Gasteiger partial charge < -0.3 is 15.1 Å². The minimum atomic E-state index is -0.739. The third-order valence-electron chi connectivity index (χ3n) is 3.49. The smallest absolute Gasteiger partial charge is 0.304 e. The predicted molar refractivity (Wildman–Crippen MR) is 72.1 cm³/mol. The molecule has 5 nitrogen and oxygen atoms in total. The van der Waals surface area contributed by atoms with E-state index < -0.39 is 5.97 Å². The quantitative estimate of drug-likeness (QED) is 0.830. The summed E-state index contributed by atoms with van der Waals surface area (Å²) in [7, 11) is 0. The van der Waals surface area contributed by atoms with E-state index in [0.717, 1.165) is 38.3 Å². The number of carboxylic acids is 1. The van der Waals surface area contributed by atoms with Crippen molar-refractivity contribution in [2.24, 2.45) is 0 Å². The Morgan fingerprint density at radius 2 is 1.74 bits per heavy atom. The Morgan fingerprint density at radius 3 is 2.37 bits per heavy atom. The zero-order valence-corrected chi connectivity index (χ0v) is 11.0. The van der Waals surface area contributed by atoms with Gasteiger partial charge in [-0.15, -0.1) is 0 Å². The molecule has 0 atom stereocenters. The summed E-state index contributed by atoms with van der Waals surface area (Å²) in [5.74, 6) is -0.396. The molecular formula is C14H20N2O3. The van der Waals surface area contributed by atoms with Crippen LogP contribution in [-0.4, -0.2) is 58.7 Å². The van der Waals surface area contributed by atoms with E-state index in [-0.39, 0.29) is 6.42 Å². The minimum absolute atomic E-state index is 0.208. The number of carbonyl (C=O) groups is 1. The molecule has 2 rings (SSSR count). The van der Waals surface area contributed by atoms with Gasteiger partial charge in [-0.05, 0) is 6.07 Å². The third-order valence-corrected chi connectivity index (χ3v) is 3.49. The highest BCUT2D eigenvalue weighted by Crippen LogP contribution is 2.18. The molecule has 0 aromatic heterocycles. The summed E-state index contributed by atoms with van der Waals surface area (Å²) in [5.41, 5.74) is 0.946. The van der Waals surface area contributed by atoms with Crippen LogP contribution in [-0.2, 0) is 11.3 Å². The third kappa shape index (κ3) is 4.22. The Hall–Kier alpha value is -1.59. The van der Waals surface area contributed by atoms with Gasteiger partial charge in [-0.2, -0.15) is 0 Å². The summed E-state index contributed by atoms with van der Waals surface area (Å²) < 4.78 is 0. The lowest BCUT2D eigenvalue weighted by Gasteiger charge is -2.34. The van der Waals surface area contributed by atoms with Gasteiger partial charge in [0.15, 0.2) is 0 Å². The van der Waals surface area contributed by atoms with Crippen LogP contribution in [0.1, 0.15) is 12.0 Å². The Bertz CT molecular complexity index is 428. The van der Waals surface area contributed by atoms with Crippen molar-refractivity contribution in [3.05, 3.63) is 29.8 Å². The van der Waals surface area contributed by atoms with Crippen LogP contribution in [0.15, 0.2) is 24.3 Å². The first kappa shape index (κ1) is 13.8. The van der Waals surface area contributed by atoms with Crippen LogP contribution in [0, 0.1) is 0 Å². The van der Waals surface area contributed by atoms with Gasteiger partial charge >= 0.3 is 5.97 Å². The summed E-state index contributed by atoms with van der Waals surface area (Å²) in [6.45, 7) is 4.98. The van der Waals surface area contributed by atoms with E-state index in [4.69, 9.17) is 5.11 Å². The highest BCUT2D eigenvalue weighted by molar-refractivity contribution is 5.66. The molecule has 0 amide bonds. The van der Waals surface area contributed by atoms with Gasteiger partial charge in [0.05, 0.1) is 6.42 Å². The molecule has 1 aromatic rings. The molecule has 1 fully saturated rings. The number of phenolic OH excluding ortho intramolecular Hbond substituents is 1. The van der Waals surface area contributed by atoms with Crippen molar-refractivity contribution in [1.82, 2.24) is 9.80 Å². The first-order valence-corrected chi connectivity index (χ1v) is 6.58.